The summed E-state index contributed by atoms with van der Waals surface area (Å²) in [5.41, 5.74) is 1.40. The summed E-state index contributed by atoms with van der Waals surface area (Å²) in [6.45, 7) is 8.17. The SMILES string of the molecule is CCCNC1CCN(CCc2ccncc2)C(C)C1. The number of likely N-dealkylation sites (tertiary alicyclic amines) is 1. The molecule has 0 aliphatic carbocycles. The Kier molecular flexibility index (Phi) is 5.80. The summed E-state index contributed by atoms with van der Waals surface area (Å²) in [6, 6.07) is 5.68. The molecule has 2 unspecified atom stereocenters. The normalized spacial score (nSPS) is 24.5. The van der Waals surface area contributed by atoms with Gasteiger partial charge in [-0.15, -0.1) is 0 Å². The van der Waals surface area contributed by atoms with Gasteiger partial charge in [-0.05, 0) is 63.4 Å². The molecule has 3 nitrogen and oxygen atoms in total. The van der Waals surface area contributed by atoms with Gasteiger partial charge >= 0.3 is 0 Å². The van der Waals surface area contributed by atoms with Crippen molar-refractivity contribution >= 4 is 0 Å². The van der Waals surface area contributed by atoms with Crippen LogP contribution in [0.25, 0.3) is 0 Å². The van der Waals surface area contributed by atoms with E-state index in [1.54, 1.807) is 0 Å². The van der Waals surface area contributed by atoms with E-state index >= 15 is 0 Å². The number of pyridine rings is 1. The van der Waals surface area contributed by atoms with Crippen LogP contribution in [0.3, 0.4) is 0 Å². The monoisotopic (exact) mass is 261 g/mol. The maximum atomic E-state index is 4.07. The Hall–Kier alpha value is -0.930. The summed E-state index contributed by atoms with van der Waals surface area (Å²) in [4.78, 5) is 6.70. The van der Waals surface area contributed by atoms with Crippen molar-refractivity contribution in [3.05, 3.63) is 30.1 Å². The number of nitrogens with one attached hydrogen (secondary N) is 1. The van der Waals surface area contributed by atoms with Crippen LogP contribution in [-0.2, 0) is 6.42 Å². The van der Waals surface area contributed by atoms with Gasteiger partial charge < -0.3 is 10.2 Å². The summed E-state index contributed by atoms with van der Waals surface area (Å²) in [6.07, 6.45) is 8.73. The number of aromatic nitrogens is 1. The highest BCUT2D eigenvalue weighted by molar-refractivity contribution is 5.10. The van der Waals surface area contributed by atoms with E-state index in [0.29, 0.717) is 6.04 Å². The second-order valence-corrected chi connectivity index (χ2v) is 5.67. The topological polar surface area (TPSA) is 28.2 Å². The van der Waals surface area contributed by atoms with Crippen molar-refractivity contribution in [2.75, 3.05) is 19.6 Å². The van der Waals surface area contributed by atoms with Gasteiger partial charge in [0.1, 0.15) is 0 Å². The molecule has 1 aliphatic heterocycles. The molecular weight excluding hydrogens is 234 g/mol. The summed E-state index contributed by atoms with van der Waals surface area (Å²) < 4.78 is 0. The van der Waals surface area contributed by atoms with E-state index in [-0.39, 0.29) is 0 Å². The molecule has 1 fully saturated rings. The first-order valence-corrected chi connectivity index (χ1v) is 7.66. The Balaban J connectivity index is 1.74. The zero-order valence-electron chi connectivity index (χ0n) is 12.3. The van der Waals surface area contributed by atoms with Crippen LogP contribution in [0.2, 0.25) is 0 Å². The van der Waals surface area contributed by atoms with Crippen molar-refractivity contribution in [2.24, 2.45) is 0 Å². The Morgan fingerprint density at radius 1 is 1.37 bits per heavy atom. The van der Waals surface area contributed by atoms with Crippen molar-refractivity contribution in [3.8, 4) is 0 Å². The minimum absolute atomic E-state index is 0.699. The highest BCUT2D eigenvalue weighted by atomic mass is 15.2. The van der Waals surface area contributed by atoms with Gasteiger partial charge in [0, 0.05) is 31.0 Å². The minimum Gasteiger partial charge on any atom is -0.314 e. The molecule has 1 aliphatic rings. The largest absolute Gasteiger partial charge is 0.314 e. The van der Waals surface area contributed by atoms with Crippen molar-refractivity contribution in [3.63, 3.8) is 0 Å². The van der Waals surface area contributed by atoms with E-state index in [2.05, 4.69) is 41.2 Å². The van der Waals surface area contributed by atoms with Crippen LogP contribution in [0, 0.1) is 0 Å². The van der Waals surface area contributed by atoms with Gasteiger partial charge in [0.2, 0.25) is 0 Å². The smallest absolute Gasteiger partial charge is 0.0270 e. The number of hydrogen-bond acceptors (Lipinski definition) is 3. The molecule has 0 spiro atoms. The molecule has 0 bridgehead atoms. The molecule has 0 saturated carbocycles. The van der Waals surface area contributed by atoms with Gasteiger partial charge in [-0.3, -0.25) is 4.98 Å². The maximum absolute atomic E-state index is 4.07. The zero-order chi connectivity index (χ0) is 13.5. The molecule has 0 amide bonds. The van der Waals surface area contributed by atoms with Gasteiger partial charge in [0.15, 0.2) is 0 Å². The van der Waals surface area contributed by atoms with Crippen molar-refractivity contribution in [1.29, 1.82) is 0 Å². The van der Waals surface area contributed by atoms with Gasteiger partial charge in [-0.1, -0.05) is 6.92 Å². The Labute approximate surface area is 117 Å². The van der Waals surface area contributed by atoms with Gasteiger partial charge in [0.05, 0.1) is 0 Å². The molecule has 2 rings (SSSR count). The first-order valence-electron chi connectivity index (χ1n) is 7.66. The summed E-state index contributed by atoms with van der Waals surface area (Å²) in [5, 5.41) is 3.66. The lowest BCUT2D eigenvalue weighted by Crippen LogP contribution is -2.48. The molecule has 0 radical (unpaired) electrons. The lowest BCUT2D eigenvalue weighted by Gasteiger charge is -2.38. The quantitative estimate of drug-likeness (QED) is 0.852. The van der Waals surface area contributed by atoms with Crippen LogP contribution in [0.15, 0.2) is 24.5 Å². The molecule has 106 valence electrons. The molecule has 1 saturated heterocycles. The van der Waals surface area contributed by atoms with E-state index in [4.69, 9.17) is 0 Å². The van der Waals surface area contributed by atoms with Crippen LogP contribution in [0.4, 0.5) is 0 Å². The maximum Gasteiger partial charge on any atom is 0.0270 e. The fraction of sp³-hybridized carbons (Fsp3) is 0.688. The molecule has 2 atom stereocenters. The summed E-state index contributed by atoms with van der Waals surface area (Å²) in [7, 11) is 0. The summed E-state index contributed by atoms with van der Waals surface area (Å²) >= 11 is 0. The first-order chi connectivity index (χ1) is 9.29. The van der Waals surface area contributed by atoms with Crippen molar-refractivity contribution in [2.45, 2.75) is 51.6 Å². The molecule has 19 heavy (non-hydrogen) atoms. The molecule has 0 aromatic carbocycles. The number of hydrogen-bond donors (Lipinski definition) is 1. The highest BCUT2D eigenvalue weighted by Crippen LogP contribution is 2.17. The van der Waals surface area contributed by atoms with E-state index < -0.39 is 0 Å². The van der Waals surface area contributed by atoms with Gasteiger partial charge in [-0.25, -0.2) is 0 Å². The predicted molar refractivity (Wildman–Crippen MR) is 80.3 cm³/mol. The lowest BCUT2D eigenvalue weighted by atomic mass is 9.97. The fourth-order valence-corrected chi connectivity index (χ4v) is 2.91. The van der Waals surface area contributed by atoms with Crippen LogP contribution in [0.5, 0.6) is 0 Å². The molecular formula is C16H27N3. The predicted octanol–water partition coefficient (Wildman–Crippen LogP) is 2.48. The Morgan fingerprint density at radius 3 is 2.84 bits per heavy atom. The standard InChI is InChI=1S/C16H27N3/c1-3-8-18-16-7-12-19(14(2)13-16)11-6-15-4-9-17-10-5-15/h4-5,9-10,14,16,18H,3,6-8,11-13H2,1-2H3. The number of rotatable bonds is 6. The zero-order valence-corrected chi connectivity index (χ0v) is 12.3. The average Bonchev–Trinajstić information content (AvgIpc) is 2.45. The van der Waals surface area contributed by atoms with Crippen LogP contribution >= 0.6 is 0 Å². The van der Waals surface area contributed by atoms with E-state index in [9.17, 15) is 0 Å². The average molecular weight is 261 g/mol. The van der Waals surface area contributed by atoms with Crippen LogP contribution in [0.1, 0.15) is 38.7 Å². The summed E-state index contributed by atoms with van der Waals surface area (Å²) in [5.74, 6) is 0. The highest BCUT2D eigenvalue weighted by Gasteiger charge is 2.24. The molecule has 2 heterocycles. The lowest BCUT2D eigenvalue weighted by molar-refractivity contribution is 0.138. The third-order valence-corrected chi connectivity index (χ3v) is 4.13. The van der Waals surface area contributed by atoms with Crippen LogP contribution < -0.4 is 5.32 Å². The van der Waals surface area contributed by atoms with Crippen LogP contribution in [-0.4, -0.2) is 41.6 Å². The van der Waals surface area contributed by atoms with E-state index in [1.807, 2.05) is 12.4 Å². The number of nitrogens with zero attached hydrogens (tertiary/aromatic N) is 2. The molecule has 3 heteroatoms. The first kappa shape index (κ1) is 14.5. The third kappa shape index (κ3) is 4.59. The minimum atomic E-state index is 0.699. The second kappa shape index (κ2) is 7.61. The Bertz CT molecular complexity index is 352. The second-order valence-electron chi connectivity index (χ2n) is 5.67. The molecule has 1 aromatic heterocycles. The Morgan fingerprint density at radius 2 is 2.16 bits per heavy atom. The van der Waals surface area contributed by atoms with Gasteiger partial charge in [0.25, 0.3) is 0 Å². The van der Waals surface area contributed by atoms with E-state index in [0.717, 1.165) is 19.0 Å². The van der Waals surface area contributed by atoms with Crippen molar-refractivity contribution < 1.29 is 0 Å². The molecule has 1 N–H and O–H groups in total. The number of piperidine rings is 1. The fourth-order valence-electron chi connectivity index (χ4n) is 2.91. The third-order valence-electron chi connectivity index (χ3n) is 4.13. The van der Waals surface area contributed by atoms with Crippen molar-refractivity contribution in [1.82, 2.24) is 15.2 Å². The van der Waals surface area contributed by atoms with E-state index in [1.165, 1.54) is 37.9 Å². The van der Waals surface area contributed by atoms with Gasteiger partial charge in [-0.2, -0.15) is 0 Å². The molecule has 1 aromatic rings.